The topological polar surface area (TPSA) is 111 Å². The maximum absolute atomic E-state index is 12.9. The number of nitrogens with zero attached hydrogens (tertiary/aromatic N) is 2. The van der Waals surface area contributed by atoms with Gasteiger partial charge in [-0.15, -0.1) is 0 Å². The quantitative estimate of drug-likeness (QED) is 0.582. The van der Waals surface area contributed by atoms with Crippen LogP contribution in [0.15, 0.2) is 56.6 Å². The first-order chi connectivity index (χ1) is 15.4. The second kappa shape index (κ2) is 9.17. The van der Waals surface area contributed by atoms with E-state index in [1.807, 2.05) is 6.92 Å². The van der Waals surface area contributed by atoms with Crippen molar-refractivity contribution in [2.45, 2.75) is 37.6 Å². The summed E-state index contributed by atoms with van der Waals surface area (Å²) in [4.78, 5) is 24.9. The number of ether oxygens (including phenoxy) is 1. The van der Waals surface area contributed by atoms with E-state index in [9.17, 15) is 18.0 Å². The Balaban J connectivity index is 1.53. The molecule has 1 aliphatic heterocycles. The minimum Gasteiger partial charge on any atom is -0.494 e. The van der Waals surface area contributed by atoms with E-state index in [-0.39, 0.29) is 17.0 Å². The van der Waals surface area contributed by atoms with Crippen LogP contribution >= 0.6 is 0 Å². The molecule has 9 nitrogen and oxygen atoms in total. The van der Waals surface area contributed by atoms with Gasteiger partial charge in [-0.1, -0.05) is 6.42 Å². The molecule has 0 saturated carbocycles. The number of benzene rings is 2. The lowest BCUT2D eigenvalue weighted by Crippen LogP contribution is -2.35. The van der Waals surface area contributed by atoms with Gasteiger partial charge in [0.05, 0.1) is 17.0 Å². The van der Waals surface area contributed by atoms with Crippen LogP contribution in [0.1, 0.15) is 26.2 Å². The van der Waals surface area contributed by atoms with Gasteiger partial charge in [0, 0.05) is 24.8 Å². The molecule has 1 amide bonds. The Labute approximate surface area is 185 Å². The summed E-state index contributed by atoms with van der Waals surface area (Å²) in [6, 6.07) is 11.2. The lowest BCUT2D eigenvalue weighted by atomic mass is 10.2. The predicted octanol–water partition coefficient (Wildman–Crippen LogP) is 2.81. The molecule has 1 saturated heterocycles. The molecule has 2 aromatic carbocycles. The Morgan fingerprint density at radius 2 is 1.81 bits per heavy atom. The summed E-state index contributed by atoms with van der Waals surface area (Å²) in [5.74, 6) is -0.448. The van der Waals surface area contributed by atoms with E-state index in [0.29, 0.717) is 36.6 Å². The average molecular weight is 460 g/mol. The fraction of sp³-hybridized carbons (Fsp3) is 0.364. The molecule has 1 N–H and O–H groups in total. The normalized spacial score (nSPS) is 15.0. The molecular weight excluding hydrogens is 434 g/mol. The van der Waals surface area contributed by atoms with Gasteiger partial charge in [0.2, 0.25) is 15.9 Å². The van der Waals surface area contributed by atoms with Gasteiger partial charge in [-0.2, -0.15) is 4.31 Å². The molecule has 3 aromatic rings. The number of carbonyl (C=O) groups is 1. The van der Waals surface area contributed by atoms with Crippen LogP contribution in [0, 0.1) is 0 Å². The molecule has 32 heavy (non-hydrogen) atoms. The zero-order chi connectivity index (χ0) is 22.7. The van der Waals surface area contributed by atoms with Crippen LogP contribution in [0.25, 0.3) is 11.1 Å². The maximum Gasteiger partial charge on any atom is 0.420 e. The van der Waals surface area contributed by atoms with Crippen LogP contribution in [0.2, 0.25) is 0 Å². The number of hydrogen-bond acceptors (Lipinski definition) is 6. The van der Waals surface area contributed by atoms with E-state index in [2.05, 4.69) is 5.32 Å². The van der Waals surface area contributed by atoms with E-state index in [1.54, 1.807) is 24.3 Å². The summed E-state index contributed by atoms with van der Waals surface area (Å²) < 4.78 is 39.0. The van der Waals surface area contributed by atoms with Crippen molar-refractivity contribution >= 4 is 32.7 Å². The van der Waals surface area contributed by atoms with Gasteiger partial charge in [-0.05, 0) is 56.2 Å². The third-order valence-corrected chi connectivity index (χ3v) is 7.24. The van der Waals surface area contributed by atoms with Crippen molar-refractivity contribution in [3.05, 3.63) is 53.0 Å². The van der Waals surface area contributed by atoms with Crippen molar-refractivity contribution in [2.24, 2.45) is 0 Å². The number of carbonyl (C=O) groups excluding carboxylic acids is 1. The number of piperidine rings is 1. The summed E-state index contributed by atoms with van der Waals surface area (Å²) in [7, 11) is -3.66. The summed E-state index contributed by atoms with van der Waals surface area (Å²) in [6.07, 6.45) is 2.67. The second-order valence-electron chi connectivity index (χ2n) is 7.55. The molecule has 0 radical (unpaired) electrons. The van der Waals surface area contributed by atoms with Crippen LogP contribution in [0.5, 0.6) is 5.75 Å². The van der Waals surface area contributed by atoms with Gasteiger partial charge in [0.1, 0.15) is 12.3 Å². The van der Waals surface area contributed by atoms with Gasteiger partial charge < -0.3 is 14.5 Å². The monoisotopic (exact) mass is 459 g/mol. The molecule has 2 heterocycles. The molecule has 0 spiro atoms. The first kappa shape index (κ1) is 22.1. The fourth-order valence-electron chi connectivity index (χ4n) is 3.76. The Kier molecular flexibility index (Phi) is 6.33. The van der Waals surface area contributed by atoms with Crippen LogP contribution in [-0.4, -0.2) is 42.9 Å². The van der Waals surface area contributed by atoms with Crippen molar-refractivity contribution in [1.29, 1.82) is 0 Å². The number of hydrogen-bond donors (Lipinski definition) is 1. The SMILES string of the molecule is CCOc1ccc(NC(=O)Cn2c(=O)oc3cc(S(=O)(=O)N4CCCCC4)ccc32)cc1. The zero-order valence-corrected chi connectivity index (χ0v) is 18.6. The molecular formula is C22H25N3O6S. The molecule has 4 rings (SSSR count). The number of anilines is 1. The lowest BCUT2D eigenvalue weighted by Gasteiger charge is -2.25. The number of rotatable bonds is 7. The summed E-state index contributed by atoms with van der Waals surface area (Å²) in [5.41, 5.74) is 1.05. The van der Waals surface area contributed by atoms with Crippen molar-refractivity contribution in [1.82, 2.24) is 8.87 Å². The fourth-order valence-corrected chi connectivity index (χ4v) is 5.29. The number of oxazole rings is 1. The molecule has 1 fully saturated rings. The lowest BCUT2D eigenvalue weighted by molar-refractivity contribution is -0.116. The van der Waals surface area contributed by atoms with Crippen LogP contribution < -0.4 is 15.8 Å². The van der Waals surface area contributed by atoms with Crippen molar-refractivity contribution in [2.75, 3.05) is 25.0 Å². The average Bonchev–Trinajstić information content (AvgIpc) is 3.10. The highest BCUT2D eigenvalue weighted by molar-refractivity contribution is 7.89. The maximum atomic E-state index is 12.9. The first-order valence-corrected chi connectivity index (χ1v) is 12.0. The smallest absolute Gasteiger partial charge is 0.420 e. The minimum absolute atomic E-state index is 0.0756. The van der Waals surface area contributed by atoms with E-state index < -0.39 is 21.7 Å². The first-order valence-electron chi connectivity index (χ1n) is 10.5. The van der Waals surface area contributed by atoms with Crippen molar-refractivity contribution in [3.8, 4) is 5.75 Å². The van der Waals surface area contributed by atoms with E-state index >= 15 is 0 Å². The van der Waals surface area contributed by atoms with Crippen LogP contribution in [0.3, 0.4) is 0 Å². The number of sulfonamides is 1. The summed E-state index contributed by atoms with van der Waals surface area (Å²) >= 11 is 0. The minimum atomic E-state index is -3.66. The highest BCUT2D eigenvalue weighted by atomic mass is 32.2. The van der Waals surface area contributed by atoms with Crippen molar-refractivity contribution < 1.29 is 22.4 Å². The molecule has 0 unspecified atom stereocenters. The van der Waals surface area contributed by atoms with Crippen molar-refractivity contribution in [3.63, 3.8) is 0 Å². The third-order valence-electron chi connectivity index (χ3n) is 5.34. The second-order valence-corrected chi connectivity index (χ2v) is 9.49. The summed E-state index contributed by atoms with van der Waals surface area (Å²) in [5, 5.41) is 2.72. The van der Waals surface area contributed by atoms with Gasteiger partial charge in [-0.25, -0.2) is 13.2 Å². The molecule has 0 bridgehead atoms. The standard InChI is InChI=1S/C22H25N3O6S/c1-2-30-17-8-6-16(7-9-17)23-21(26)15-25-19-11-10-18(14-20(19)31-22(25)27)32(28,29)24-12-4-3-5-13-24/h6-11,14H,2-5,12-13,15H2,1H3,(H,23,26). The third kappa shape index (κ3) is 4.56. The van der Waals surface area contributed by atoms with E-state index in [4.69, 9.17) is 9.15 Å². The molecule has 0 aliphatic carbocycles. The molecule has 170 valence electrons. The largest absolute Gasteiger partial charge is 0.494 e. The van der Waals surface area contributed by atoms with E-state index in [1.165, 1.54) is 27.1 Å². The molecule has 1 aliphatic rings. The zero-order valence-electron chi connectivity index (χ0n) is 17.7. The molecule has 0 atom stereocenters. The van der Waals surface area contributed by atoms with Gasteiger partial charge in [0.25, 0.3) is 0 Å². The highest BCUT2D eigenvalue weighted by Gasteiger charge is 2.27. The van der Waals surface area contributed by atoms with E-state index in [0.717, 1.165) is 19.3 Å². The number of fused-ring (bicyclic) bond motifs is 1. The summed E-state index contributed by atoms with van der Waals surface area (Å²) in [6.45, 7) is 3.13. The number of nitrogens with one attached hydrogen (secondary N) is 1. The Hall–Kier alpha value is -3.11. The predicted molar refractivity (Wildman–Crippen MR) is 119 cm³/mol. The Bertz CT molecular complexity index is 1270. The Morgan fingerprint density at radius 1 is 1.09 bits per heavy atom. The highest BCUT2D eigenvalue weighted by Crippen LogP contribution is 2.24. The van der Waals surface area contributed by atoms with Crippen LogP contribution in [0.4, 0.5) is 5.69 Å². The van der Waals surface area contributed by atoms with Gasteiger partial charge in [-0.3, -0.25) is 9.36 Å². The number of aromatic nitrogens is 1. The van der Waals surface area contributed by atoms with Gasteiger partial charge >= 0.3 is 5.76 Å². The van der Waals surface area contributed by atoms with Crippen LogP contribution in [-0.2, 0) is 21.4 Å². The van der Waals surface area contributed by atoms with Gasteiger partial charge in [0.15, 0.2) is 5.58 Å². The molecule has 10 heteroatoms. The molecule has 1 aromatic heterocycles. The Morgan fingerprint density at radius 3 is 2.50 bits per heavy atom. The number of amides is 1.